The van der Waals surface area contributed by atoms with E-state index in [4.69, 9.17) is 0 Å². The number of nitrogens with one attached hydrogen (secondary N) is 1. The number of fused-ring (bicyclic) bond motifs is 1. The summed E-state index contributed by atoms with van der Waals surface area (Å²) in [7, 11) is 4.72. The van der Waals surface area contributed by atoms with Crippen LogP contribution in [0.25, 0.3) is 6.08 Å². The molecule has 1 saturated carbocycles. The zero-order valence-electron chi connectivity index (χ0n) is 19.2. The van der Waals surface area contributed by atoms with E-state index in [1.807, 2.05) is 0 Å². The predicted molar refractivity (Wildman–Crippen MR) is 133 cm³/mol. The van der Waals surface area contributed by atoms with Crippen LogP contribution in [0.2, 0.25) is 0 Å². The molecule has 2 aliphatic rings. The van der Waals surface area contributed by atoms with Gasteiger partial charge in [0.05, 0.1) is 20.1 Å². The van der Waals surface area contributed by atoms with E-state index < -0.39 is 0 Å². The van der Waals surface area contributed by atoms with Gasteiger partial charge >= 0.3 is 0 Å². The number of carbonyl (C=O) groups is 1. The Morgan fingerprint density at radius 2 is 1.72 bits per heavy atom. The van der Waals surface area contributed by atoms with Gasteiger partial charge in [0.25, 0.3) is 5.91 Å². The van der Waals surface area contributed by atoms with E-state index in [0.717, 1.165) is 57.6 Å². The molecule has 172 valence electrons. The maximum Gasteiger partial charge on any atom is 0.251 e. The van der Waals surface area contributed by atoms with Gasteiger partial charge in [-0.15, -0.1) is 0 Å². The first-order chi connectivity index (χ1) is 14.9. The van der Waals surface area contributed by atoms with Crippen LogP contribution >= 0.6 is 15.9 Å². The molecule has 0 atom stereocenters. The van der Waals surface area contributed by atoms with Gasteiger partial charge in [0.2, 0.25) is 0 Å². The Morgan fingerprint density at radius 3 is 2.44 bits per heavy atom. The number of halogens is 2. The van der Waals surface area contributed by atoms with E-state index in [1.165, 1.54) is 43.2 Å². The highest BCUT2D eigenvalue weighted by Gasteiger charge is 2.29. The van der Waals surface area contributed by atoms with Gasteiger partial charge in [-0.1, -0.05) is 40.5 Å². The summed E-state index contributed by atoms with van der Waals surface area (Å²) in [6, 6.07) is 15.5. The van der Waals surface area contributed by atoms with Crippen LogP contribution in [0.3, 0.4) is 0 Å². The fourth-order valence-electron chi connectivity index (χ4n) is 5.12. The largest absolute Gasteiger partial charge is 1.00 e. The van der Waals surface area contributed by atoms with Crippen molar-refractivity contribution in [3.8, 4) is 0 Å². The normalized spacial score (nSPS) is 16.9. The molecule has 5 heteroatoms. The Bertz CT molecular complexity index is 962. The van der Waals surface area contributed by atoms with Crippen molar-refractivity contribution in [3.63, 3.8) is 0 Å². The minimum absolute atomic E-state index is 0. The Labute approximate surface area is 207 Å². The first kappa shape index (κ1) is 25.0. The number of benzene rings is 2. The lowest BCUT2D eigenvalue weighted by atomic mass is 9.92. The van der Waals surface area contributed by atoms with E-state index in [-0.39, 0.29) is 18.3 Å². The van der Waals surface area contributed by atoms with Crippen LogP contribution in [0.4, 0.5) is 5.69 Å². The Kier molecular flexibility index (Phi) is 8.60. The van der Waals surface area contributed by atoms with E-state index >= 15 is 0 Å². The van der Waals surface area contributed by atoms with Crippen LogP contribution in [-0.4, -0.2) is 30.5 Å². The molecule has 0 radical (unpaired) electrons. The van der Waals surface area contributed by atoms with Gasteiger partial charge in [0.1, 0.15) is 6.54 Å². The van der Waals surface area contributed by atoms with Crippen LogP contribution in [0.15, 0.2) is 52.5 Å². The third-order valence-corrected chi connectivity index (χ3v) is 7.48. The average molecular weight is 518 g/mol. The van der Waals surface area contributed by atoms with Crippen LogP contribution in [0, 0.1) is 0 Å². The summed E-state index contributed by atoms with van der Waals surface area (Å²) in [5, 5.41) is 3.11. The number of amides is 1. The third-order valence-electron chi connectivity index (χ3n) is 6.99. The molecule has 1 fully saturated rings. The average Bonchev–Trinajstić information content (AvgIpc) is 2.97. The molecule has 0 spiro atoms. The van der Waals surface area contributed by atoms with Crippen LogP contribution in [-0.2, 0) is 17.8 Å². The second-order valence-electron chi connectivity index (χ2n) is 9.75. The van der Waals surface area contributed by atoms with Crippen molar-refractivity contribution in [2.75, 3.05) is 19.4 Å². The highest BCUT2D eigenvalue weighted by Crippen LogP contribution is 2.29. The maximum atomic E-state index is 12.9. The van der Waals surface area contributed by atoms with Gasteiger partial charge in [-0.3, -0.25) is 4.79 Å². The van der Waals surface area contributed by atoms with Gasteiger partial charge in [0.15, 0.2) is 0 Å². The molecule has 2 aliphatic carbocycles. The quantitative estimate of drug-likeness (QED) is 0.602. The lowest BCUT2D eigenvalue weighted by molar-refractivity contribution is -0.929. The lowest BCUT2D eigenvalue weighted by Crippen LogP contribution is -3.00. The fourth-order valence-corrected chi connectivity index (χ4v) is 5.50. The van der Waals surface area contributed by atoms with Gasteiger partial charge in [-0.05, 0) is 86.4 Å². The van der Waals surface area contributed by atoms with Crippen molar-refractivity contribution in [1.82, 2.24) is 0 Å². The number of carbonyl (C=O) groups excluding carboxylic acids is 1. The van der Waals surface area contributed by atoms with Crippen LogP contribution in [0.5, 0.6) is 0 Å². The van der Waals surface area contributed by atoms with E-state index in [0.29, 0.717) is 0 Å². The van der Waals surface area contributed by atoms with Crippen molar-refractivity contribution in [1.29, 1.82) is 0 Å². The summed E-state index contributed by atoms with van der Waals surface area (Å²) in [6.07, 6.45) is 11.7. The van der Waals surface area contributed by atoms with Crippen molar-refractivity contribution in [3.05, 3.63) is 69.2 Å². The standard InChI is InChI=1S/C27H33BrN2O.ClH/c1-30(2,26-9-4-3-5-10-26)19-20-11-15-25(16-12-20)29-27(31)22-8-6-7-21-13-14-24(28)18-23(21)17-22;/h11-18,26H,3-10,19H2,1-2H3;1H. The highest BCUT2D eigenvalue weighted by molar-refractivity contribution is 9.10. The van der Waals surface area contributed by atoms with Crippen molar-refractivity contribution >= 4 is 33.6 Å². The van der Waals surface area contributed by atoms with Gasteiger partial charge in [-0.25, -0.2) is 0 Å². The monoisotopic (exact) mass is 516 g/mol. The topological polar surface area (TPSA) is 29.1 Å². The molecule has 1 amide bonds. The van der Waals surface area contributed by atoms with Gasteiger partial charge < -0.3 is 22.2 Å². The molecule has 0 aliphatic heterocycles. The molecule has 0 heterocycles. The summed E-state index contributed by atoms with van der Waals surface area (Å²) in [5.41, 5.74) is 5.53. The first-order valence-corrected chi connectivity index (χ1v) is 12.4. The molecule has 2 aromatic rings. The minimum Gasteiger partial charge on any atom is -1.00 e. The number of nitrogens with zero attached hydrogens (tertiary/aromatic N) is 1. The van der Waals surface area contributed by atoms with Gasteiger partial charge in [0, 0.05) is 21.3 Å². The highest BCUT2D eigenvalue weighted by atomic mass is 79.9. The van der Waals surface area contributed by atoms with Crippen molar-refractivity contribution in [2.24, 2.45) is 0 Å². The molecule has 2 aromatic carbocycles. The molecular weight excluding hydrogens is 484 g/mol. The van der Waals surface area contributed by atoms with Crippen LogP contribution in [0.1, 0.15) is 61.6 Å². The maximum absolute atomic E-state index is 12.9. The summed E-state index contributed by atoms with van der Waals surface area (Å²) in [4.78, 5) is 12.9. The molecule has 0 bridgehead atoms. The molecule has 0 aromatic heterocycles. The molecule has 0 saturated heterocycles. The van der Waals surface area contributed by atoms with E-state index in [1.54, 1.807) is 0 Å². The number of anilines is 1. The lowest BCUT2D eigenvalue weighted by Gasteiger charge is -2.40. The minimum atomic E-state index is 0. The summed E-state index contributed by atoms with van der Waals surface area (Å²) >= 11 is 3.55. The SMILES string of the molecule is C[N+](C)(Cc1ccc(NC(=O)C2=Cc3cc(Br)ccc3CCC2)cc1)C1CCCCC1.[Cl-]. The number of hydrogen-bond donors (Lipinski definition) is 1. The zero-order chi connectivity index (χ0) is 21.8. The predicted octanol–water partition coefficient (Wildman–Crippen LogP) is 3.72. The van der Waals surface area contributed by atoms with Crippen LogP contribution < -0.4 is 17.7 Å². The first-order valence-electron chi connectivity index (χ1n) is 11.6. The molecule has 32 heavy (non-hydrogen) atoms. The second kappa shape index (κ2) is 11.0. The van der Waals surface area contributed by atoms with E-state index in [2.05, 4.69) is 83.9 Å². The number of rotatable bonds is 5. The third kappa shape index (κ3) is 6.24. The van der Waals surface area contributed by atoms with Crippen molar-refractivity contribution < 1.29 is 21.7 Å². The fraction of sp³-hybridized carbons (Fsp3) is 0.444. The number of quaternary nitrogens is 1. The Hall–Kier alpha value is -1.62. The number of hydrogen-bond acceptors (Lipinski definition) is 1. The Morgan fingerprint density at radius 1 is 1.00 bits per heavy atom. The molecule has 0 unspecified atom stereocenters. The summed E-state index contributed by atoms with van der Waals surface area (Å²) in [5.74, 6) is 0.0129. The smallest absolute Gasteiger partial charge is 0.251 e. The number of aryl methyl sites for hydroxylation is 1. The molecule has 4 rings (SSSR count). The summed E-state index contributed by atoms with van der Waals surface area (Å²) < 4.78 is 2.10. The van der Waals surface area contributed by atoms with E-state index in [9.17, 15) is 4.79 Å². The zero-order valence-corrected chi connectivity index (χ0v) is 21.5. The van der Waals surface area contributed by atoms with Crippen molar-refractivity contribution in [2.45, 2.75) is 64.0 Å². The molecular formula is C27H34BrClN2O. The second-order valence-corrected chi connectivity index (χ2v) is 10.7. The molecule has 3 nitrogen and oxygen atoms in total. The summed E-state index contributed by atoms with van der Waals surface area (Å²) in [6.45, 7) is 1.04. The van der Waals surface area contributed by atoms with Gasteiger partial charge in [-0.2, -0.15) is 0 Å². The Balaban J connectivity index is 0.00000289. The molecule has 1 N–H and O–H groups in total.